The van der Waals surface area contributed by atoms with Crippen LogP contribution >= 0.6 is 0 Å². The third-order valence-electron chi connectivity index (χ3n) is 7.13. The van der Waals surface area contributed by atoms with Crippen molar-refractivity contribution in [1.82, 2.24) is 0 Å². The van der Waals surface area contributed by atoms with Gasteiger partial charge in [0, 0.05) is 11.1 Å². The third kappa shape index (κ3) is 4.13. The molecule has 0 fully saturated rings. The molecule has 172 valence electrons. The van der Waals surface area contributed by atoms with Crippen molar-refractivity contribution >= 4 is 0 Å². The topological polar surface area (TPSA) is 0 Å². The number of allylic oxidation sites excluding steroid dienone is 2. The van der Waals surface area contributed by atoms with Crippen LogP contribution < -0.4 is 0 Å². The number of rotatable bonds is 7. The van der Waals surface area contributed by atoms with Gasteiger partial charge in [0.1, 0.15) is 11.6 Å². The lowest BCUT2D eigenvalue weighted by Crippen LogP contribution is -2.18. The fraction of sp³-hybridized carbons (Fsp3) is 0.500. The number of hydrogen-bond acceptors (Lipinski definition) is 0. The van der Waals surface area contributed by atoms with Gasteiger partial charge < -0.3 is 0 Å². The molecule has 0 aromatic heterocycles. The van der Waals surface area contributed by atoms with Crippen LogP contribution in [0.25, 0.3) is 11.1 Å². The summed E-state index contributed by atoms with van der Waals surface area (Å²) in [5.74, 6) is -1.39. The van der Waals surface area contributed by atoms with Crippen LogP contribution in [0.5, 0.6) is 0 Å². The fourth-order valence-corrected chi connectivity index (χ4v) is 5.33. The van der Waals surface area contributed by atoms with Gasteiger partial charge in [-0.25, -0.2) is 17.6 Å². The van der Waals surface area contributed by atoms with E-state index in [-0.39, 0.29) is 28.2 Å². The highest BCUT2D eigenvalue weighted by molar-refractivity contribution is 5.76. The minimum Gasteiger partial charge on any atom is -0.239 e. The second kappa shape index (κ2) is 9.80. The zero-order chi connectivity index (χ0) is 22.8. The molecule has 0 N–H and O–H groups in total. The standard InChI is InChI=1S/C28H32F4/c1-3-5-6-8-17-9-11-18(12-10-17)20-15-16-22-21-14-13-19(7-4-2)25(29)23(21)27(31)28(32)24(22)26(20)30/h9,13-16,18,27-28H,3-8,10-12H2,1-2H3. The summed E-state index contributed by atoms with van der Waals surface area (Å²) in [7, 11) is 0. The predicted molar refractivity (Wildman–Crippen MR) is 122 cm³/mol. The monoisotopic (exact) mass is 444 g/mol. The molecule has 0 saturated heterocycles. The van der Waals surface area contributed by atoms with Gasteiger partial charge in [-0.05, 0) is 66.7 Å². The summed E-state index contributed by atoms with van der Waals surface area (Å²) in [6, 6.07) is 6.59. The minimum absolute atomic E-state index is 0.0365. The average Bonchev–Trinajstić information content (AvgIpc) is 2.79. The summed E-state index contributed by atoms with van der Waals surface area (Å²) in [5, 5.41) is 0. The summed E-state index contributed by atoms with van der Waals surface area (Å²) < 4.78 is 60.8. The fourth-order valence-electron chi connectivity index (χ4n) is 5.33. The van der Waals surface area contributed by atoms with Gasteiger partial charge in [-0.3, -0.25) is 0 Å². The maximum absolute atomic E-state index is 15.6. The Balaban J connectivity index is 1.67. The van der Waals surface area contributed by atoms with Crippen LogP contribution in [-0.4, -0.2) is 0 Å². The molecular formula is C28H32F4. The first-order chi connectivity index (χ1) is 15.5. The van der Waals surface area contributed by atoms with E-state index < -0.39 is 24.0 Å². The zero-order valence-corrected chi connectivity index (χ0v) is 19.0. The van der Waals surface area contributed by atoms with Crippen molar-refractivity contribution in [3.8, 4) is 11.1 Å². The van der Waals surface area contributed by atoms with Crippen molar-refractivity contribution in [2.45, 2.75) is 89.9 Å². The van der Waals surface area contributed by atoms with Gasteiger partial charge in [-0.2, -0.15) is 0 Å². The van der Waals surface area contributed by atoms with Gasteiger partial charge in [0.25, 0.3) is 0 Å². The number of halogens is 4. The largest absolute Gasteiger partial charge is 0.239 e. The maximum Gasteiger partial charge on any atom is 0.164 e. The number of aryl methyl sites for hydroxylation is 1. The molecule has 0 saturated carbocycles. The Hall–Kier alpha value is -2.10. The Morgan fingerprint density at radius 3 is 2.12 bits per heavy atom. The molecule has 0 amide bonds. The van der Waals surface area contributed by atoms with Crippen LogP contribution in [0.1, 0.15) is 106 Å². The molecule has 3 atom stereocenters. The number of unbranched alkanes of at least 4 members (excludes halogenated alkanes) is 2. The highest BCUT2D eigenvalue weighted by atomic mass is 19.2. The Morgan fingerprint density at radius 1 is 0.812 bits per heavy atom. The quantitative estimate of drug-likeness (QED) is 0.227. The second-order valence-corrected chi connectivity index (χ2v) is 9.27. The summed E-state index contributed by atoms with van der Waals surface area (Å²) >= 11 is 0. The van der Waals surface area contributed by atoms with E-state index in [1.165, 1.54) is 24.8 Å². The number of alkyl halides is 2. The molecule has 4 heteroatoms. The molecule has 2 aliphatic carbocycles. The van der Waals surface area contributed by atoms with Crippen molar-refractivity contribution in [1.29, 1.82) is 0 Å². The molecule has 0 heterocycles. The van der Waals surface area contributed by atoms with Crippen LogP contribution in [-0.2, 0) is 6.42 Å². The van der Waals surface area contributed by atoms with Crippen molar-refractivity contribution in [3.05, 3.63) is 69.8 Å². The summed E-state index contributed by atoms with van der Waals surface area (Å²) in [6.07, 6.45) is 6.08. The van der Waals surface area contributed by atoms with Crippen LogP contribution in [0.15, 0.2) is 35.9 Å². The maximum atomic E-state index is 15.6. The molecule has 2 aromatic carbocycles. The Kier molecular flexibility index (Phi) is 7.07. The number of hydrogen-bond donors (Lipinski definition) is 0. The van der Waals surface area contributed by atoms with Crippen molar-refractivity contribution < 1.29 is 17.6 Å². The van der Waals surface area contributed by atoms with E-state index in [1.807, 2.05) is 6.92 Å². The van der Waals surface area contributed by atoms with Crippen molar-refractivity contribution in [3.63, 3.8) is 0 Å². The predicted octanol–water partition coefficient (Wildman–Crippen LogP) is 9.39. The van der Waals surface area contributed by atoms with E-state index in [1.54, 1.807) is 24.3 Å². The smallest absolute Gasteiger partial charge is 0.164 e. The van der Waals surface area contributed by atoms with E-state index in [0.29, 0.717) is 24.0 Å². The van der Waals surface area contributed by atoms with Gasteiger partial charge in [0.2, 0.25) is 0 Å². The average molecular weight is 445 g/mol. The van der Waals surface area contributed by atoms with Gasteiger partial charge in [-0.15, -0.1) is 0 Å². The Morgan fingerprint density at radius 2 is 1.50 bits per heavy atom. The molecule has 0 aliphatic heterocycles. The lowest BCUT2D eigenvalue weighted by Gasteiger charge is -2.30. The first-order valence-corrected chi connectivity index (χ1v) is 12.1. The molecule has 0 bridgehead atoms. The van der Waals surface area contributed by atoms with Gasteiger partial charge in [-0.1, -0.05) is 69.0 Å². The summed E-state index contributed by atoms with van der Waals surface area (Å²) in [4.78, 5) is 0. The van der Waals surface area contributed by atoms with E-state index in [2.05, 4.69) is 13.0 Å². The third-order valence-corrected chi connectivity index (χ3v) is 7.13. The molecule has 0 nitrogen and oxygen atoms in total. The summed E-state index contributed by atoms with van der Waals surface area (Å²) in [5.41, 5.74) is 2.29. The Bertz CT molecular complexity index is 1010. The molecule has 2 aliphatic rings. The van der Waals surface area contributed by atoms with Crippen molar-refractivity contribution in [2.75, 3.05) is 0 Å². The molecule has 32 heavy (non-hydrogen) atoms. The van der Waals surface area contributed by atoms with E-state index >= 15 is 13.2 Å². The first kappa shape index (κ1) is 23.1. The van der Waals surface area contributed by atoms with Crippen molar-refractivity contribution in [2.24, 2.45) is 0 Å². The highest BCUT2D eigenvalue weighted by Gasteiger charge is 2.40. The molecule has 4 rings (SSSR count). The highest BCUT2D eigenvalue weighted by Crippen LogP contribution is 2.52. The molecule has 0 spiro atoms. The van der Waals surface area contributed by atoms with Gasteiger partial charge >= 0.3 is 0 Å². The van der Waals surface area contributed by atoms with E-state index in [4.69, 9.17) is 0 Å². The van der Waals surface area contributed by atoms with Crippen LogP contribution in [0.2, 0.25) is 0 Å². The lowest BCUT2D eigenvalue weighted by molar-refractivity contribution is 0.160. The van der Waals surface area contributed by atoms with Crippen LogP contribution in [0.4, 0.5) is 17.6 Å². The molecule has 3 unspecified atom stereocenters. The SMILES string of the molecule is CCCCCC1=CCC(c2ccc3c(c2F)C(F)C(F)c2c-3ccc(CCC)c2F)CC1. The van der Waals surface area contributed by atoms with E-state index in [0.717, 1.165) is 25.7 Å². The normalized spacial score (nSPS) is 22.3. The zero-order valence-electron chi connectivity index (χ0n) is 19.0. The molecule has 2 aromatic rings. The van der Waals surface area contributed by atoms with Crippen LogP contribution in [0, 0.1) is 11.6 Å². The van der Waals surface area contributed by atoms with Gasteiger partial charge in [0.05, 0.1) is 0 Å². The Labute approximate surface area is 188 Å². The number of fused-ring (bicyclic) bond motifs is 3. The van der Waals surface area contributed by atoms with Gasteiger partial charge in [0.15, 0.2) is 12.3 Å². The molecular weight excluding hydrogens is 412 g/mol. The van der Waals surface area contributed by atoms with Crippen LogP contribution in [0.3, 0.4) is 0 Å². The molecule has 0 radical (unpaired) electrons. The second-order valence-electron chi connectivity index (χ2n) is 9.27. The summed E-state index contributed by atoms with van der Waals surface area (Å²) in [6.45, 7) is 4.09. The number of benzene rings is 2. The minimum atomic E-state index is -2.20. The lowest BCUT2D eigenvalue weighted by atomic mass is 9.77. The van der Waals surface area contributed by atoms with E-state index in [9.17, 15) is 4.39 Å². The first-order valence-electron chi connectivity index (χ1n) is 12.1.